The van der Waals surface area contributed by atoms with Gasteiger partial charge in [-0.25, -0.2) is 4.98 Å². The van der Waals surface area contributed by atoms with Crippen molar-refractivity contribution in [2.45, 2.75) is 19.8 Å². The van der Waals surface area contributed by atoms with Gasteiger partial charge in [0, 0.05) is 18.3 Å². The first-order valence-corrected chi connectivity index (χ1v) is 4.35. The number of pyridine rings is 1. The standard InChI is InChI=1S/C8H8F3N3O3/c1-4-2-6(17-8(9,10)11)7(14(15)16)5(3-12)13-4/h2H,3,12H2,1H3. The lowest BCUT2D eigenvalue weighted by Gasteiger charge is -2.11. The van der Waals surface area contributed by atoms with Crippen LogP contribution in [0.2, 0.25) is 0 Å². The highest BCUT2D eigenvalue weighted by atomic mass is 19.4. The fourth-order valence-corrected chi connectivity index (χ4v) is 1.24. The molecule has 1 rings (SSSR count). The number of aryl methyl sites for hydroxylation is 1. The molecular weight excluding hydrogens is 243 g/mol. The first-order chi connectivity index (χ1) is 7.74. The Balaban J connectivity index is 3.35. The number of nitro groups is 1. The number of ether oxygens (including phenoxy) is 1. The monoisotopic (exact) mass is 251 g/mol. The molecule has 0 bridgehead atoms. The van der Waals surface area contributed by atoms with Crippen LogP contribution in [-0.4, -0.2) is 16.3 Å². The van der Waals surface area contributed by atoms with Crippen molar-refractivity contribution in [2.24, 2.45) is 5.73 Å². The normalized spacial score (nSPS) is 11.4. The highest BCUT2D eigenvalue weighted by molar-refractivity contribution is 5.50. The Labute approximate surface area is 93.3 Å². The molecule has 0 aromatic carbocycles. The van der Waals surface area contributed by atoms with E-state index in [-0.39, 0.29) is 17.9 Å². The van der Waals surface area contributed by atoms with E-state index >= 15 is 0 Å². The minimum atomic E-state index is -5.01. The van der Waals surface area contributed by atoms with Crippen LogP contribution >= 0.6 is 0 Å². The number of aromatic nitrogens is 1. The predicted molar refractivity (Wildman–Crippen MR) is 50.2 cm³/mol. The van der Waals surface area contributed by atoms with E-state index in [0.29, 0.717) is 0 Å². The molecule has 0 saturated heterocycles. The van der Waals surface area contributed by atoms with Gasteiger partial charge in [-0.1, -0.05) is 0 Å². The molecule has 0 atom stereocenters. The van der Waals surface area contributed by atoms with Crippen molar-refractivity contribution in [2.75, 3.05) is 0 Å². The smallest absolute Gasteiger partial charge is 0.398 e. The van der Waals surface area contributed by atoms with Crippen LogP contribution in [0.5, 0.6) is 5.75 Å². The third-order valence-corrected chi connectivity index (χ3v) is 1.76. The van der Waals surface area contributed by atoms with Crippen molar-refractivity contribution in [3.8, 4) is 5.75 Å². The van der Waals surface area contributed by atoms with E-state index < -0.39 is 22.7 Å². The molecule has 0 aliphatic rings. The Morgan fingerprint density at radius 1 is 1.59 bits per heavy atom. The summed E-state index contributed by atoms with van der Waals surface area (Å²) in [5.74, 6) is -0.907. The number of nitrogens with two attached hydrogens (primary N) is 1. The van der Waals surface area contributed by atoms with E-state index in [2.05, 4.69) is 9.72 Å². The molecule has 1 heterocycles. The summed E-state index contributed by atoms with van der Waals surface area (Å²) in [4.78, 5) is 13.3. The van der Waals surface area contributed by atoms with E-state index in [1.165, 1.54) is 6.92 Å². The molecule has 0 fully saturated rings. The highest BCUT2D eigenvalue weighted by Crippen LogP contribution is 2.34. The Hall–Kier alpha value is -1.90. The molecule has 0 aliphatic heterocycles. The van der Waals surface area contributed by atoms with Crippen molar-refractivity contribution in [3.05, 3.63) is 27.6 Å². The number of hydrogen-bond donors (Lipinski definition) is 1. The van der Waals surface area contributed by atoms with Gasteiger partial charge < -0.3 is 10.5 Å². The summed E-state index contributed by atoms with van der Waals surface area (Å²) < 4.78 is 39.7. The molecule has 0 spiro atoms. The maximum absolute atomic E-state index is 12.1. The molecule has 17 heavy (non-hydrogen) atoms. The van der Waals surface area contributed by atoms with Gasteiger partial charge in [0.05, 0.1) is 4.92 Å². The van der Waals surface area contributed by atoms with Crippen LogP contribution < -0.4 is 10.5 Å². The second-order valence-electron chi connectivity index (χ2n) is 3.07. The molecule has 0 aliphatic carbocycles. The van der Waals surface area contributed by atoms with Gasteiger partial charge in [-0.2, -0.15) is 0 Å². The van der Waals surface area contributed by atoms with Crippen molar-refractivity contribution in [1.29, 1.82) is 0 Å². The van der Waals surface area contributed by atoms with Crippen molar-refractivity contribution < 1.29 is 22.8 Å². The average Bonchev–Trinajstić information content (AvgIpc) is 2.12. The van der Waals surface area contributed by atoms with E-state index in [0.717, 1.165) is 6.07 Å². The zero-order valence-corrected chi connectivity index (χ0v) is 8.61. The summed E-state index contributed by atoms with van der Waals surface area (Å²) in [5.41, 5.74) is 4.21. The number of alkyl halides is 3. The Morgan fingerprint density at radius 2 is 2.18 bits per heavy atom. The van der Waals surface area contributed by atoms with Gasteiger partial charge in [0.15, 0.2) is 0 Å². The van der Waals surface area contributed by atoms with Crippen LogP contribution in [0.4, 0.5) is 18.9 Å². The van der Waals surface area contributed by atoms with E-state index in [4.69, 9.17) is 5.73 Å². The second-order valence-corrected chi connectivity index (χ2v) is 3.07. The SMILES string of the molecule is Cc1cc(OC(F)(F)F)c([N+](=O)[O-])c(CN)n1. The molecule has 6 nitrogen and oxygen atoms in total. The van der Waals surface area contributed by atoms with Gasteiger partial charge in [-0.05, 0) is 6.92 Å². The minimum absolute atomic E-state index is 0.148. The summed E-state index contributed by atoms with van der Waals surface area (Å²) in [6.07, 6.45) is -5.01. The molecule has 0 radical (unpaired) electrons. The van der Waals surface area contributed by atoms with Crippen LogP contribution in [0, 0.1) is 17.0 Å². The first-order valence-electron chi connectivity index (χ1n) is 4.35. The maximum Gasteiger partial charge on any atom is 0.573 e. The van der Waals surface area contributed by atoms with Crippen LogP contribution in [0.1, 0.15) is 11.4 Å². The zero-order valence-electron chi connectivity index (χ0n) is 8.61. The largest absolute Gasteiger partial charge is 0.573 e. The predicted octanol–water partition coefficient (Wildman–Crippen LogP) is 1.66. The summed E-state index contributed by atoms with van der Waals surface area (Å²) >= 11 is 0. The third kappa shape index (κ3) is 3.28. The molecule has 2 N–H and O–H groups in total. The van der Waals surface area contributed by atoms with Gasteiger partial charge in [0.2, 0.25) is 5.75 Å². The topological polar surface area (TPSA) is 91.3 Å². The molecule has 1 aromatic heterocycles. The fraction of sp³-hybridized carbons (Fsp3) is 0.375. The lowest BCUT2D eigenvalue weighted by molar-refractivity contribution is -0.389. The minimum Gasteiger partial charge on any atom is -0.398 e. The highest BCUT2D eigenvalue weighted by Gasteiger charge is 2.36. The molecule has 0 saturated carbocycles. The average molecular weight is 251 g/mol. The Morgan fingerprint density at radius 3 is 2.59 bits per heavy atom. The van der Waals surface area contributed by atoms with E-state index in [1.807, 2.05) is 0 Å². The lowest BCUT2D eigenvalue weighted by Crippen LogP contribution is -2.19. The van der Waals surface area contributed by atoms with E-state index in [9.17, 15) is 23.3 Å². The summed E-state index contributed by atoms with van der Waals surface area (Å²) in [6, 6.07) is 0.838. The molecule has 94 valence electrons. The summed E-state index contributed by atoms with van der Waals surface area (Å²) in [5, 5.41) is 10.7. The molecule has 1 aromatic rings. The van der Waals surface area contributed by atoms with Gasteiger partial charge in [-0.3, -0.25) is 10.1 Å². The van der Waals surface area contributed by atoms with Crippen LogP contribution in [0.15, 0.2) is 6.07 Å². The quantitative estimate of drug-likeness (QED) is 0.651. The maximum atomic E-state index is 12.1. The molecular formula is C8H8F3N3O3. The van der Waals surface area contributed by atoms with Gasteiger partial charge in [0.1, 0.15) is 5.69 Å². The summed E-state index contributed by atoms with van der Waals surface area (Å²) in [6.45, 7) is 1.03. The van der Waals surface area contributed by atoms with Crippen LogP contribution in [0.3, 0.4) is 0 Å². The molecule has 0 amide bonds. The fourth-order valence-electron chi connectivity index (χ4n) is 1.24. The van der Waals surface area contributed by atoms with Crippen LogP contribution in [-0.2, 0) is 6.54 Å². The van der Waals surface area contributed by atoms with Crippen molar-refractivity contribution in [1.82, 2.24) is 4.98 Å². The number of halogens is 3. The Kier molecular flexibility index (Phi) is 3.51. The second kappa shape index (κ2) is 4.53. The third-order valence-electron chi connectivity index (χ3n) is 1.76. The lowest BCUT2D eigenvalue weighted by atomic mass is 10.2. The van der Waals surface area contributed by atoms with Crippen molar-refractivity contribution in [3.63, 3.8) is 0 Å². The molecule has 0 unspecified atom stereocenters. The number of nitrogens with zero attached hydrogens (tertiary/aromatic N) is 2. The van der Waals surface area contributed by atoms with E-state index in [1.54, 1.807) is 0 Å². The van der Waals surface area contributed by atoms with Gasteiger partial charge >= 0.3 is 12.0 Å². The molecule has 9 heteroatoms. The van der Waals surface area contributed by atoms with Gasteiger partial charge in [-0.15, -0.1) is 13.2 Å². The number of hydrogen-bond acceptors (Lipinski definition) is 5. The first kappa shape index (κ1) is 13.2. The Bertz CT molecular complexity index is 448. The van der Waals surface area contributed by atoms with Crippen molar-refractivity contribution >= 4 is 5.69 Å². The van der Waals surface area contributed by atoms with Gasteiger partial charge in [0.25, 0.3) is 0 Å². The summed E-state index contributed by atoms with van der Waals surface area (Å²) in [7, 11) is 0. The van der Waals surface area contributed by atoms with Crippen LogP contribution in [0.25, 0.3) is 0 Å². The number of rotatable bonds is 3. The zero-order chi connectivity index (χ0) is 13.2.